The number of ether oxygens (including phenoxy) is 1. The molecule has 2 aromatic carbocycles. The Balaban J connectivity index is 1.90. The molecular weight excluding hydrogens is 410 g/mol. The summed E-state index contributed by atoms with van der Waals surface area (Å²) in [5, 5.41) is 3.91. The number of hydrogen-bond donors (Lipinski definition) is 1. The van der Waals surface area contributed by atoms with Crippen molar-refractivity contribution in [1.82, 2.24) is 9.55 Å². The van der Waals surface area contributed by atoms with Gasteiger partial charge in [-0.2, -0.15) is 0 Å². The zero-order chi connectivity index (χ0) is 21.0. The molecule has 0 saturated carbocycles. The first kappa shape index (κ1) is 21.2. The summed E-state index contributed by atoms with van der Waals surface area (Å²) in [5.41, 5.74) is 0.986. The molecule has 1 unspecified atom stereocenters. The van der Waals surface area contributed by atoms with Gasteiger partial charge in [0.25, 0.3) is 5.56 Å². The number of nitrogens with zero attached hydrogens (tertiary/aromatic N) is 2. The van der Waals surface area contributed by atoms with Gasteiger partial charge in [0.05, 0.1) is 29.0 Å². The minimum atomic E-state index is -0.480. The van der Waals surface area contributed by atoms with Gasteiger partial charge in [-0.1, -0.05) is 42.4 Å². The molecule has 0 aliphatic heterocycles. The molecule has 152 valence electrons. The normalized spacial score (nSPS) is 12.0. The van der Waals surface area contributed by atoms with E-state index >= 15 is 0 Å². The number of para-hydroxylation sites is 2. The number of hydrogen-bond acceptors (Lipinski definition) is 5. The van der Waals surface area contributed by atoms with E-state index in [1.165, 1.54) is 11.8 Å². The Bertz CT molecular complexity index is 1100. The van der Waals surface area contributed by atoms with Crippen LogP contribution >= 0.6 is 23.4 Å². The lowest BCUT2D eigenvalue weighted by Crippen LogP contribution is -2.27. The predicted octanol–water partition coefficient (Wildman–Crippen LogP) is 4.59. The predicted molar refractivity (Wildman–Crippen MR) is 118 cm³/mol. The molecule has 1 N–H and O–H groups in total. The number of benzene rings is 2. The van der Waals surface area contributed by atoms with Crippen molar-refractivity contribution in [1.29, 1.82) is 0 Å². The number of carbonyl (C=O) groups is 1. The SMILES string of the molecule is CCCn1c(SC(C)C(=O)Nc2ccccc2OC)nc2cc(Cl)ccc2c1=O. The number of thioether (sulfide) groups is 1. The lowest BCUT2D eigenvalue weighted by molar-refractivity contribution is -0.115. The van der Waals surface area contributed by atoms with Gasteiger partial charge >= 0.3 is 0 Å². The van der Waals surface area contributed by atoms with E-state index in [4.69, 9.17) is 16.3 Å². The molecule has 0 aliphatic rings. The number of aromatic nitrogens is 2. The molecule has 8 heteroatoms. The minimum absolute atomic E-state index is 0.131. The van der Waals surface area contributed by atoms with Crippen molar-refractivity contribution in [2.75, 3.05) is 12.4 Å². The molecule has 0 fully saturated rings. The molecule has 29 heavy (non-hydrogen) atoms. The third-order valence-corrected chi connectivity index (χ3v) is 5.67. The second-order valence-corrected chi connectivity index (χ2v) is 8.21. The fourth-order valence-corrected chi connectivity index (χ4v) is 3.98. The van der Waals surface area contributed by atoms with Crippen molar-refractivity contribution >= 4 is 45.9 Å². The molecule has 0 aliphatic carbocycles. The number of anilines is 1. The van der Waals surface area contributed by atoms with Crippen LogP contribution in [0.2, 0.25) is 5.02 Å². The zero-order valence-electron chi connectivity index (χ0n) is 16.4. The summed E-state index contributed by atoms with van der Waals surface area (Å²) in [6.45, 7) is 4.29. The van der Waals surface area contributed by atoms with Crippen LogP contribution in [0.1, 0.15) is 20.3 Å². The Morgan fingerprint density at radius 2 is 2.07 bits per heavy atom. The molecular formula is C21H22ClN3O3S. The van der Waals surface area contributed by atoms with Crippen LogP contribution in [-0.2, 0) is 11.3 Å². The van der Waals surface area contributed by atoms with Gasteiger partial charge in [-0.3, -0.25) is 14.2 Å². The molecule has 1 aromatic heterocycles. The van der Waals surface area contributed by atoms with Crippen molar-refractivity contribution in [2.24, 2.45) is 0 Å². The van der Waals surface area contributed by atoms with Crippen molar-refractivity contribution in [3.8, 4) is 5.75 Å². The van der Waals surface area contributed by atoms with Gasteiger partial charge in [0.1, 0.15) is 5.75 Å². The van der Waals surface area contributed by atoms with Crippen molar-refractivity contribution in [3.05, 3.63) is 57.8 Å². The second kappa shape index (κ2) is 9.33. The number of nitrogens with one attached hydrogen (secondary N) is 1. The fourth-order valence-electron chi connectivity index (χ4n) is 2.88. The van der Waals surface area contributed by atoms with Crippen LogP contribution in [0.5, 0.6) is 5.75 Å². The summed E-state index contributed by atoms with van der Waals surface area (Å²) in [7, 11) is 1.55. The number of amides is 1. The average molecular weight is 432 g/mol. The molecule has 3 aromatic rings. The zero-order valence-corrected chi connectivity index (χ0v) is 18.0. The number of halogens is 1. The molecule has 1 atom stereocenters. The number of methoxy groups -OCH3 is 1. The van der Waals surface area contributed by atoms with Crippen molar-refractivity contribution in [2.45, 2.75) is 37.2 Å². The lowest BCUT2D eigenvalue weighted by atomic mass is 10.2. The first-order chi connectivity index (χ1) is 13.9. The van der Waals surface area contributed by atoms with Gasteiger partial charge in [-0.05, 0) is 43.7 Å². The van der Waals surface area contributed by atoms with Gasteiger partial charge < -0.3 is 10.1 Å². The van der Waals surface area contributed by atoms with E-state index in [1.54, 1.807) is 48.9 Å². The Labute approximate surface area is 178 Å². The van der Waals surface area contributed by atoms with E-state index in [1.807, 2.05) is 19.1 Å². The molecule has 0 radical (unpaired) electrons. The van der Waals surface area contributed by atoms with E-state index in [9.17, 15) is 9.59 Å². The molecule has 0 saturated heterocycles. The summed E-state index contributed by atoms with van der Waals surface area (Å²) in [6, 6.07) is 12.2. The standard InChI is InChI=1S/C21H22ClN3O3S/c1-4-11-25-20(27)15-10-9-14(22)12-17(15)24-21(25)29-13(2)19(26)23-16-7-5-6-8-18(16)28-3/h5-10,12-13H,4,11H2,1-3H3,(H,23,26). The van der Waals surface area contributed by atoms with E-state index < -0.39 is 5.25 Å². The number of rotatable bonds is 7. The molecule has 0 spiro atoms. The third-order valence-electron chi connectivity index (χ3n) is 4.35. The molecule has 3 rings (SSSR count). The number of fused-ring (bicyclic) bond motifs is 1. The highest BCUT2D eigenvalue weighted by Gasteiger charge is 2.20. The van der Waals surface area contributed by atoms with Gasteiger partial charge in [0.2, 0.25) is 5.91 Å². The second-order valence-electron chi connectivity index (χ2n) is 6.46. The Morgan fingerprint density at radius 3 is 2.79 bits per heavy atom. The maximum atomic E-state index is 12.9. The summed E-state index contributed by atoms with van der Waals surface area (Å²) < 4.78 is 6.90. The minimum Gasteiger partial charge on any atom is -0.495 e. The first-order valence-corrected chi connectivity index (χ1v) is 10.5. The van der Waals surface area contributed by atoms with Crippen molar-refractivity contribution < 1.29 is 9.53 Å². The van der Waals surface area contributed by atoms with Crippen LogP contribution < -0.4 is 15.6 Å². The quantitative estimate of drug-likeness (QED) is 0.437. The maximum Gasteiger partial charge on any atom is 0.262 e. The summed E-state index contributed by atoms with van der Waals surface area (Å²) in [4.78, 5) is 30.3. The Kier molecular flexibility index (Phi) is 6.82. The summed E-state index contributed by atoms with van der Waals surface area (Å²) in [6.07, 6.45) is 0.774. The van der Waals surface area contributed by atoms with Gasteiger partial charge in [0.15, 0.2) is 5.16 Å². The molecule has 1 heterocycles. The highest BCUT2D eigenvalue weighted by atomic mass is 35.5. The highest BCUT2D eigenvalue weighted by Crippen LogP contribution is 2.27. The molecule has 1 amide bonds. The Hall–Kier alpha value is -2.51. The van der Waals surface area contributed by atoms with E-state index in [-0.39, 0.29) is 11.5 Å². The van der Waals surface area contributed by atoms with Crippen LogP contribution in [0.4, 0.5) is 5.69 Å². The van der Waals surface area contributed by atoms with E-state index in [0.29, 0.717) is 39.1 Å². The maximum absolute atomic E-state index is 12.9. The van der Waals surface area contributed by atoms with Gasteiger partial charge in [0, 0.05) is 11.6 Å². The van der Waals surface area contributed by atoms with Crippen LogP contribution in [0, 0.1) is 0 Å². The van der Waals surface area contributed by atoms with Crippen LogP contribution in [0.3, 0.4) is 0 Å². The highest BCUT2D eigenvalue weighted by molar-refractivity contribution is 8.00. The smallest absolute Gasteiger partial charge is 0.262 e. The first-order valence-electron chi connectivity index (χ1n) is 9.25. The lowest BCUT2D eigenvalue weighted by Gasteiger charge is -2.17. The topological polar surface area (TPSA) is 73.2 Å². The summed E-state index contributed by atoms with van der Waals surface area (Å²) >= 11 is 7.31. The fraction of sp³-hybridized carbons (Fsp3) is 0.286. The average Bonchev–Trinajstić information content (AvgIpc) is 2.71. The molecule has 0 bridgehead atoms. The monoisotopic (exact) mass is 431 g/mol. The van der Waals surface area contributed by atoms with Crippen LogP contribution in [0.15, 0.2) is 52.4 Å². The summed E-state index contributed by atoms with van der Waals surface area (Å²) in [5.74, 6) is 0.377. The largest absolute Gasteiger partial charge is 0.495 e. The van der Waals surface area contributed by atoms with Crippen LogP contribution in [-0.4, -0.2) is 27.8 Å². The van der Waals surface area contributed by atoms with Gasteiger partial charge in [-0.25, -0.2) is 4.98 Å². The van der Waals surface area contributed by atoms with Gasteiger partial charge in [-0.15, -0.1) is 0 Å². The van der Waals surface area contributed by atoms with E-state index in [2.05, 4.69) is 10.3 Å². The molecule has 6 nitrogen and oxygen atoms in total. The van der Waals surface area contributed by atoms with Crippen LogP contribution in [0.25, 0.3) is 10.9 Å². The number of carbonyl (C=O) groups excluding carboxylic acids is 1. The van der Waals surface area contributed by atoms with E-state index in [0.717, 1.165) is 6.42 Å². The van der Waals surface area contributed by atoms with Crippen molar-refractivity contribution in [3.63, 3.8) is 0 Å². The third kappa shape index (κ3) is 4.74. The Morgan fingerprint density at radius 1 is 1.31 bits per heavy atom.